The van der Waals surface area contributed by atoms with Gasteiger partial charge in [0.2, 0.25) is 0 Å². The summed E-state index contributed by atoms with van der Waals surface area (Å²) in [6.45, 7) is 4.64. The fourth-order valence-electron chi connectivity index (χ4n) is 3.17. The second-order valence-electron chi connectivity index (χ2n) is 7.17. The van der Waals surface area contributed by atoms with Crippen LogP contribution >= 0.6 is 11.3 Å². The summed E-state index contributed by atoms with van der Waals surface area (Å²) >= 11 is 1.62. The molecule has 0 unspecified atom stereocenters. The van der Waals surface area contributed by atoms with E-state index in [-0.39, 0.29) is 0 Å². The molecule has 4 aromatic rings. The lowest BCUT2D eigenvalue weighted by molar-refractivity contribution is 0.183. The van der Waals surface area contributed by atoms with Crippen molar-refractivity contribution in [2.75, 3.05) is 19.0 Å². The molecule has 0 aliphatic carbocycles. The highest BCUT2D eigenvalue weighted by molar-refractivity contribution is 7.19. The Morgan fingerprint density at radius 1 is 1.03 bits per heavy atom. The van der Waals surface area contributed by atoms with Crippen molar-refractivity contribution >= 4 is 16.5 Å². The number of hydrogen-bond donors (Lipinski definition) is 1. The van der Waals surface area contributed by atoms with Crippen LogP contribution in [-0.2, 0) is 24.4 Å². The third kappa shape index (κ3) is 5.71. The zero-order chi connectivity index (χ0) is 21.5. The molecule has 0 aliphatic heterocycles. The van der Waals surface area contributed by atoms with Crippen LogP contribution in [0.25, 0.3) is 10.6 Å². The van der Waals surface area contributed by atoms with Crippen LogP contribution in [0.3, 0.4) is 0 Å². The Kier molecular flexibility index (Phi) is 6.96. The molecule has 0 amide bonds. The summed E-state index contributed by atoms with van der Waals surface area (Å²) in [6, 6.07) is 20.3. The lowest BCUT2D eigenvalue weighted by Crippen LogP contribution is -2.04. The number of hydrogen-bond acceptors (Lipinski definition) is 6. The van der Waals surface area contributed by atoms with Gasteiger partial charge in [0, 0.05) is 19.9 Å². The topological polar surface area (TPSA) is 61.2 Å². The molecule has 0 bridgehead atoms. The summed E-state index contributed by atoms with van der Waals surface area (Å²) in [5.41, 5.74) is 4.21. The Morgan fingerprint density at radius 2 is 1.87 bits per heavy atom. The normalized spacial score (nSPS) is 10.9. The average Bonchev–Trinajstić information content (AvgIpc) is 3.42. The van der Waals surface area contributed by atoms with Crippen LogP contribution in [0.1, 0.15) is 16.8 Å². The number of rotatable bonds is 10. The van der Waals surface area contributed by atoms with Crippen LogP contribution < -0.4 is 10.1 Å². The molecular weight excluding hydrogens is 408 g/mol. The first kappa shape index (κ1) is 21.1. The van der Waals surface area contributed by atoms with Crippen molar-refractivity contribution in [1.82, 2.24) is 14.8 Å². The predicted molar refractivity (Wildman–Crippen MR) is 124 cm³/mol. The molecule has 160 valence electrons. The second kappa shape index (κ2) is 10.2. The maximum Gasteiger partial charge on any atom is 0.183 e. The summed E-state index contributed by atoms with van der Waals surface area (Å²) in [4.78, 5) is 5.76. The lowest BCUT2D eigenvalue weighted by atomic mass is 10.2. The van der Waals surface area contributed by atoms with Crippen LogP contribution in [0.15, 0.2) is 66.9 Å². The summed E-state index contributed by atoms with van der Waals surface area (Å²) in [5, 5.41) is 8.95. The zero-order valence-corrected chi connectivity index (χ0v) is 18.6. The highest BCUT2D eigenvalue weighted by Crippen LogP contribution is 2.32. The van der Waals surface area contributed by atoms with Crippen LogP contribution in [0.5, 0.6) is 5.75 Å². The van der Waals surface area contributed by atoms with Gasteiger partial charge in [-0.25, -0.2) is 4.98 Å². The van der Waals surface area contributed by atoms with Crippen molar-refractivity contribution in [3.8, 4) is 16.3 Å². The number of aryl methyl sites for hydroxylation is 1. The minimum absolute atomic E-state index is 0.559. The number of methoxy groups -OCH3 is 1. The highest BCUT2D eigenvalue weighted by Gasteiger charge is 2.12. The maximum absolute atomic E-state index is 5.94. The third-order valence-corrected chi connectivity index (χ3v) is 5.92. The van der Waals surface area contributed by atoms with Gasteiger partial charge in [0.05, 0.1) is 23.7 Å². The maximum atomic E-state index is 5.94. The number of anilines is 1. The van der Waals surface area contributed by atoms with Gasteiger partial charge in [0.1, 0.15) is 18.1 Å². The summed E-state index contributed by atoms with van der Waals surface area (Å²) < 4.78 is 12.9. The van der Waals surface area contributed by atoms with Crippen LogP contribution in [0, 0.1) is 6.92 Å². The Bertz CT molecular complexity index is 1110. The van der Waals surface area contributed by atoms with E-state index in [4.69, 9.17) is 9.47 Å². The van der Waals surface area contributed by atoms with E-state index in [0.29, 0.717) is 19.8 Å². The van der Waals surface area contributed by atoms with Crippen molar-refractivity contribution in [2.45, 2.75) is 26.6 Å². The fraction of sp³-hybridized carbons (Fsp3) is 0.250. The van der Waals surface area contributed by atoms with E-state index < -0.39 is 0 Å². The largest absolute Gasteiger partial charge is 0.489 e. The van der Waals surface area contributed by atoms with Crippen molar-refractivity contribution in [2.24, 2.45) is 0 Å². The number of benzene rings is 2. The van der Waals surface area contributed by atoms with Gasteiger partial charge in [-0.1, -0.05) is 53.8 Å². The Morgan fingerprint density at radius 3 is 2.71 bits per heavy atom. The van der Waals surface area contributed by atoms with Crippen LogP contribution in [-0.4, -0.2) is 28.5 Å². The summed E-state index contributed by atoms with van der Waals surface area (Å²) in [6.07, 6.45) is 1.97. The van der Waals surface area contributed by atoms with Gasteiger partial charge < -0.3 is 14.8 Å². The zero-order valence-electron chi connectivity index (χ0n) is 17.7. The van der Waals surface area contributed by atoms with Gasteiger partial charge in [-0.2, -0.15) is 5.10 Å². The Hall–Kier alpha value is -3.16. The Balaban J connectivity index is 1.36. The summed E-state index contributed by atoms with van der Waals surface area (Å²) in [7, 11) is 1.70. The van der Waals surface area contributed by atoms with E-state index in [1.807, 2.05) is 54.2 Å². The molecule has 4 rings (SSSR count). The SMILES string of the molecule is COCCn1ccc(-c2sc(NCc3cccc(OCc4ccccc4)c3)nc2C)n1. The number of aromatic nitrogens is 3. The molecule has 0 fully saturated rings. The highest BCUT2D eigenvalue weighted by atomic mass is 32.1. The fourth-order valence-corrected chi connectivity index (χ4v) is 4.09. The van der Waals surface area contributed by atoms with Crippen LogP contribution in [0.4, 0.5) is 5.13 Å². The smallest absolute Gasteiger partial charge is 0.183 e. The van der Waals surface area contributed by atoms with Gasteiger partial charge in [-0.05, 0) is 36.2 Å². The average molecular weight is 435 g/mol. The van der Waals surface area contributed by atoms with Crippen molar-refractivity contribution in [3.05, 3.63) is 83.7 Å². The first-order valence-corrected chi connectivity index (χ1v) is 11.0. The molecule has 0 radical (unpaired) electrons. The Labute approximate surface area is 186 Å². The molecule has 0 atom stereocenters. The van der Waals surface area contributed by atoms with Gasteiger partial charge in [-0.3, -0.25) is 4.68 Å². The summed E-state index contributed by atoms with van der Waals surface area (Å²) in [5.74, 6) is 0.862. The molecule has 6 nitrogen and oxygen atoms in total. The lowest BCUT2D eigenvalue weighted by Gasteiger charge is -2.08. The van der Waals surface area contributed by atoms with Gasteiger partial charge in [-0.15, -0.1) is 0 Å². The molecule has 2 aromatic carbocycles. The number of thiazole rings is 1. The van der Waals surface area contributed by atoms with Crippen molar-refractivity contribution in [1.29, 1.82) is 0 Å². The van der Waals surface area contributed by atoms with Gasteiger partial charge >= 0.3 is 0 Å². The standard InChI is InChI=1S/C24H26N4O2S/c1-18-23(22-11-12-28(27-22)13-14-29-2)31-24(26-18)25-16-20-9-6-10-21(15-20)30-17-19-7-4-3-5-8-19/h3-12,15H,13-14,16-17H2,1-2H3,(H,25,26). The molecule has 2 heterocycles. The number of ether oxygens (including phenoxy) is 2. The molecule has 0 saturated carbocycles. The minimum Gasteiger partial charge on any atom is -0.489 e. The van der Waals surface area contributed by atoms with Gasteiger partial charge in [0.25, 0.3) is 0 Å². The monoisotopic (exact) mass is 434 g/mol. The van der Waals surface area contributed by atoms with Crippen molar-refractivity contribution in [3.63, 3.8) is 0 Å². The molecule has 0 spiro atoms. The van der Waals surface area contributed by atoms with Gasteiger partial charge in [0.15, 0.2) is 5.13 Å². The third-order valence-electron chi connectivity index (χ3n) is 4.78. The molecule has 0 saturated heterocycles. The minimum atomic E-state index is 0.559. The number of nitrogens with zero attached hydrogens (tertiary/aromatic N) is 3. The second-order valence-corrected chi connectivity index (χ2v) is 8.16. The van der Waals surface area contributed by atoms with E-state index in [1.54, 1.807) is 18.4 Å². The van der Waals surface area contributed by atoms with E-state index in [9.17, 15) is 0 Å². The van der Waals surface area contributed by atoms with E-state index in [1.165, 1.54) is 0 Å². The quantitative estimate of drug-likeness (QED) is 0.374. The molecule has 31 heavy (non-hydrogen) atoms. The van der Waals surface area contributed by atoms with E-state index >= 15 is 0 Å². The van der Waals surface area contributed by atoms with Crippen LogP contribution in [0.2, 0.25) is 0 Å². The predicted octanol–water partition coefficient (Wildman–Crippen LogP) is 5.15. The van der Waals surface area contributed by atoms with E-state index in [2.05, 4.69) is 39.7 Å². The molecule has 2 aromatic heterocycles. The van der Waals surface area contributed by atoms with E-state index in [0.717, 1.165) is 44.8 Å². The molecule has 0 aliphatic rings. The first-order chi connectivity index (χ1) is 15.2. The molecule has 7 heteroatoms. The molecule has 1 N–H and O–H groups in total. The molecular formula is C24H26N4O2S. The first-order valence-electron chi connectivity index (χ1n) is 10.2. The van der Waals surface area contributed by atoms with Crippen molar-refractivity contribution < 1.29 is 9.47 Å². The number of nitrogens with one attached hydrogen (secondary N) is 1.